The maximum atomic E-state index is 12.4. The molecule has 4 heteroatoms. The quantitative estimate of drug-likeness (QED) is 0.269. The number of anilines is 4. The Kier molecular flexibility index (Phi) is 11.5. The molecule has 38 heavy (non-hydrogen) atoms. The summed E-state index contributed by atoms with van der Waals surface area (Å²) in [7, 11) is 0. The van der Waals surface area contributed by atoms with Crippen molar-refractivity contribution in [1.82, 2.24) is 0 Å². The van der Waals surface area contributed by atoms with Crippen LogP contribution in [0.2, 0.25) is 0 Å². The molecule has 0 heterocycles. The lowest BCUT2D eigenvalue weighted by Gasteiger charge is -2.22. The third kappa shape index (κ3) is 7.42. The summed E-state index contributed by atoms with van der Waals surface area (Å²) >= 11 is 0. The number of nitrogens with zero attached hydrogens (tertiary/aromatic N) is 2. The van der Waals surface area contributed by atoms with Crippen molar-refractivity contribution in [3.63, 3.8) is 0 Å². The Balaban J connectivity index is 0.00000121. The summed E-state index contributed by atoms with van der Waals surface area (Å²) in [6, 6.07) is 31.7. The van der Waals surface area contributed by atoms with Crippen LogP contribution in [0.15, 0.2) is 97.1 Å². The van der Waals surface area contributed by atoms with E-state index in [1.165, 1.54) is 0 Å². The van der Waals surface area contributed by atoms with Crippen molar-refractivity contribution < 1.29 is 9.59 Å². The highest BCUT2D eigenvalue weighted by molar-refractivity contribution is 6.00. The van der Waals surface area contributed by atoms with Crippen LogP contribution >= 0.6 is 0 Å². The van der Waals surface area contributed by atoms with Gasteiger partial charge in [-0.05, 0) is 73.5 Å². The normalized spacial score (nSPS) is 9.79. The van der Waals surface area contributed by atoms with E-state index in [4.69, 9.17) is 0 Å². The number of carbonyl (C=O) groups is 2. The fourth-order valence-corrected chi connectivity index (χ4v) is 4.02. The number of hydrogen-bond donors (Lipinski definition) is 0. The van der Waals surface area contributed by atoms with Crippen molar-refractivity contribution in [2.75, 3.05) is 9.80 Å². The molecule has 0 aliphatic rings. The molecule has 0 aromatic heterocycles. The molecule has 4 aromatic rings. The molecule has 198 valence electrons. The van der Waals surface area contributed by atoms with E-state index in [0.717, 1.165) is 45.0 Å². The summed E-state index contributed by atoms with van der Waals surface area (Å²) in [5.41, 5.74) is 7.69. The van der Waals surface area contributed by atoms with Crippen LogP contribution in [-0.2, 0) is 9.59 Å². The Bertz CT molecular complexity index is 1190. The van der Waals surface area contributed by atoms with Crippen molar-refractivity contribution in [2.45, 2.75) is 55.4 Å². The molecule has 0 N–H and O–H groups in total. The van der Waals surface area contributed by atoms with Gasteiger partial charge in [0, 0.05) is 36.6 Å². The Morgan fingerprint density at radius 1 is 0.421 bits per heavy atom. The van der Waals surface area contributed by atoms with E-state index in [1.54, 1.807) is 23.6 Å². The number of aryl methyl sites for hydroxylation is 2. The minimum absolute atomic E-state index is 0.0404. The van der Waals surface area contributed by atoms with Gasteiger partial charge >= 0.3 is 0 Å². The summed E-state index contributed by atoms with van der Waals surface area (Å²) < 4.78 is 0. The molecule has 2 amide bonds. The minimum Gasteiger partial charge on any atom is -0.281 e. The van der Waals surface area contributed by atoms with Gasteiger partial charge < -0.3 is 0 Å². The van der Waals surface area contributed by atoms with Crippen LogP contribution in [-0.4, -0.2) is 11.8 Å². The molecule has 4 aromatic carbocycles. The van der Waals surface area contributed by atoms with E-state index in [1.807, 2.05) is 139 Å². The molecule has 0 aliphatic carbocycles. The molecule has 0 saturated heterocycles. The van der Waals surface area contributed by atoms with E-state index >= 15 is 0 Å². The highest BCUT2D eigenvalue weighted by Gasteiger charge is 2.16. The number of carbonyl (C=O) groups excluding carboxylic acids is 2. The Morgan fingerprint density at radius 2 is 0.632 bits per heavy atom. The lowest BCUT2D eigenvalue weighted by Crippen LogP contribution is -2.22. The first-order valence-corrected chi connectivity index (χ1v) is 13.3. The van der Waals surface area contributed by atoms with Gasteiger partial charge in [-0.25, -0.2) is 0 Å². The molecule has 0 bridgehead atoms. The van der Waals surface area contributed by atoms with Crippen LogP contribution < -0.4 is 9.80 Å². The zero-order valence-corrected chi connectivity index (χ0v) is 23.9. The third-order valence-electron chi connectivity index (χ3n) is 5.80. The zero-order chi connectivity index (χ0) is 28.2. The zero-order valence-electron chi connectivity index (χ0n) is 23.9. The molecular weight excluding hydrogens is 468 g/mol. The van der Waals surface area contributed by atoms with Gasteiger partial charge in [0.25, 0.3) is 0 Å². The van der Waals surface area contributed by atoms with Crippen LogP contribution in [0.1, 0.15) is 52.7 Å². The predicted molar refractivity (Wildman–Crippen MR) is 163 cm³/mol. The van der Waals surface area contributed by atoms with Crippen LogP contribution in [0, 0.1) is 13.8 Å². The molecule has 0 unspecified atom stereocenters. The molecule has 0 fully saturated rings. The molecule has 0 aliphatic heterocycles. The maximum Gasteiger partial charge on any atom is 0.228 e. The number of rotatable bonds is 5. The van der Waals surface area contributed by atoms with Crippen LogP contribution in [0.25, 0.3) is 11.1 Å². The van der Waals surface area contributed by atoms with Crippen LogP contribution in [0.3, 0.4) is 0 Å². The molecule has 4 rings (SSSR count). The Labute approximate surface area is 228 Å². The summed E-state index contributed by atoms with van der Waals surface area (Å²) in [5, 5.41) is 0. The standard InChI is InChI=1S/C30H28N2O2.2C2H6/c1-21-5-13-27(14-6-21)31(23(3)33)29-17-9-25(10-18-29)26-11-19-30(20-12-26)32(24(4)34)28-15-7-22(2)8-16-28;2*1-2/h5-20H,1-4H3;2*1-2H3. The second-order valence-corrected chi connectivity index (χ2v) is 8.47. The average Bonchev–Trinajstić information content (AvgIpc) is 2.94. The van der Waals surface area contributed by atoms with Crippen molar-refractivity contribution >= 4 is 34.6 Å². The Morgan fingerprint density at radius 3 is 0.842 bits per heavy atom. The average molecular weight is 509 g/mol. The first kappa shape index (κ1) is 30.0. The lowest BCUT2D eigenvalue weighted by molar-refractivity contribution is -0.116. The first-order valence-electron chi connectivity index (χ1n) is 13.3. The molecule has 0 radical (unpaired) electrons. The van der Waals surface area contributed by atoms with E-state index in [2.05, 4.69) is 0 Å². The fraction of sp³-hybridized carbons (Fsp3) is 0.235. The van der Waals surface area contributed by atoms with Crippen molar-refractivity contribution in [3.8, 4) is 11.1 Å². The maximum absolute atomic E-state index is 12.4. The van der Waals surface area contributed by atoms with E-state index in [0.29, 0.717) is 0 Å². The van der Waals surface area contributed by atoms with Crippen molar-refractivity contribution in [2.24, 2.45) is 0 Å². The third-order valence-corrected chi connectivity index (χ3v) is 5.80. The number of amides is 2. The van der Waals surface area contributed by atoms with Crippen molar-refractivity contribution in [3.05, 3.63) is 108 Å². The van der Waals surface area contributed by atoms with Crippen molar-refractivity contribution in [1.29, 1.82) is 0 Å². The van der Waals surface area contributed by atoms with Crippen LogP contribution in [0.5, 0.6) is 0 Å². The second kappa shape index (κ2) is 14.5. The van der Waals surface area contributed by atoms with Gasteiger partial charge in [-0.2, -0.15) is 0 Å². The lowest BCUT2D eigenvalue weighted by atomic mass is 10.0. The van der Waals surface area contributed by atoms with Gasteiger partial charge in [0.2, 0.25) is 11.8 Å². The summed E-state index contributed by atoms with van der Waals surface area (Å²) in [4.78, 5) is 28.2. The van der Waals surface area contributed by atoms with E-state index < -0.39 is 0 Å². The van der Waals surface area contributed by atoms with Gasteiger partial charge in [0.1, 0.15) is 0 Å². The SMILES string of the molecule is CC.CC.CC(=O)N(c1ccc(C)cc1)c1ccc(-c2ccc(N(C(C)=O)c3ccc(C)cc3)cc2)cc1. The topological polar surface area (TPSA) is 40.6 Å². The Hall–Kier alpha value is -4.18. The van der Waals surface area contributed by atoms with Crippen LogP contribution in [0.4, 0.5) is 22.7 Å². The summed E-state index contributed by atoms with van der Waals surface area (Å²) in [5.74, 6) is -0.0808. The highest BCUT2D eigenvalue weighted by Crippen LogP contribution is 2.31. The number of hydrogen-bond acceptors (Lipinski definition) is 2. The van der Waals surface area contributed by atoms with E-state index in [-0.39, 0.29) is 11.8 Å². The monoisotopic (exact) mass is 508 g/mol. The molecule has 4 nitrogen and oxygen atoms in total. The predicted octanol–water partition coefficient (Wildman–Crippen LogP) is 9.39. The summed E-state index contributed by atoms with van der Waals surface area (Å²) in [6.07, 6.45) is 0. The van der Waals surface area contributed by atoms with Gasteiger partial charge in [-0.1, -0.05) is 87.4 Å². The first-order chi connectivity index (χ1) is 18.3. The largest absolute Gasteiger partial charge is 0.281 e. The smallest absolute Gasteiger partial charge is 0.228 e. The van der Waals surface area contributed by atoms with Gasteiger partial charge in [0.15, 0.2) is 0 Å². The number of benzene rings is 4. The highest BCUT2D eigenvalue weighted by atomic mass is 16.2. The molecule has 0 spiro atoms. The second-order valence-electron chi connectivity index (χ2n) is 8.47. The van der Waals surface area contributed by atoms with Gasteiger partial charge in [-0.15, -0.1) is 0 Å². The summed E-state index contributed by atoms with van der Waals surface area (Å²) in [6.45, 7) is 15.2. The van der Waals surface area contributed by atoms with Gasteiger partial charge in [-0.3, -0.25) is 19.4 Å². The molecule has 0 atom stereocenters. The molecule has 0 saturated carbocycles. The van der Waals surface area contributed by atoms with Gasteiger partial charge in [0.05, 0.1) is 0 Å². The fourth-order valence-electron chi connectivity index (χ4n) is 4.02. The minimum atomic E-state index is -0.0404. The molecular formula is C34H40N2O2. The van der Waals surface area contributed by atoms with E-state index in [9.17, 15) is 9.59 Å².